The Morgan fingerprint density at radius 2 is 2.08 bits per heavy atom. The van der Waals surface area contributed by atoms with Gasteiger partial charge in [0.25, 0.3) is 0 Å². The highest BCUT2D eigenvalue weighted by atomic mass is 35.5. The summed E-state index contributed by atoms with van der Waals surface area (Å²) in [6, 6.07) is 1.26. The van der Waals surface area contributed by atoms with E-state index >= 15 is 0 Å². The molecule has 0 aliphatic carbocycles. The predicted molar refractivity (Wildman–Crippen MR) is 43.3 cm³/mol. The molecule has 1 heterocycles. The number of halogens is 3. The molecule has 12 heavy (non-hydrogen) atoms. The summed E-state index contributed by atoms with van der Waals surface area (Å²) in [6.07, 6.45) is 0. The van der Waals surface area contributed by atoms with Gasteiger partial charge in [0.15, 0.2) is 10.8 Å². The number of hydrogen-bond donors (Lipinski definition) is 0. The maximum absolute atomic E-state index is 10.8. The third-order valence-corrected chi connectivity index (χ3v) is 1.59. The van der Waals surface area contributed by atoms with Crippen molar-refractivity contribution in [3.8, 4) is 0 Å². The van der Waals surface area contributed by atoms with Crippen LogP contribution in [0.15, 0.2) is 6.07 Å². The molecular weight excluding hydrogens is 226 g/mol. The number of carbonyl (C=O) groups excluding carboxylic acids is 1. The Morgan fingerprint density at radius 1 is 1.42 bits per heavy atom. The highest BCUT2D eigenvalue weighted by molar-refractivity contribution is 6.36. The smallest absolute Gasteiger partial charge is 0.342 e. The zero-order chi connectivity index (χ0) is 9.14. The average molecular weight is 227 g/mol. The van der Waals surface area contributed by atoms with Gasteiger partial charge in [0, 0.05) is 0 Å². The fourth-order valence-corrected chi connectivity index (χ4v) is 1.02. The van der Waals surface area contributed by atoms with Crippen molar-refractivity contribution >= 4 is 41.0 Å². The quantitative estimate of drug-likeness (QED) is 0.737. The molecule has 4 nitrogen and oxygen atoms in total. The van der Waals surface area contributed by atoms with Crippen LogP contribution in [0.2, 0.25) is 10.2 Å². The molecule has 0 atom stereocenters. The molecule has 0 aliphatic rings. The molecule has 1 aromatic rings. The Morgan fingerprint density at radius 3 is 2.58 bits per heavy atom. The molecule has 0 saturated heterocycles. The molecule has 0 radical (unpaired) electrons. The zero-order valence-corrected chi connectivity index (χ0v) is 7.69. The summed E-state index contributed by atoms with van der Waals surface area (Å²) in [4.78, 5) is 10.8. The van der Waals surface area contributed by atoms with Gasteiger partial charge in [0.05, 0.1) is 5.02 Å². The van der Waals surface area contributed by atoms with Crippen LogP contribution in [0.4, 0.5) is 0 Å². The van der Waals surface area contributed by atoms with Crippen LogP contribution in [0, 0.1) is 0 Å². The number of aromatic nitrogens is 2. The van der Waals surface area contributed by atoms with Crippen LogP contribution < -0.4 is 0 Å². The molecular formula is C5HCl3N2O2. The molecule has 1 aromatic heterocycles. The summed E-state index contributed by atoms with van der Waals surface area (Å²) < 4.78 is 3.86. The van der Waals surface area contributed by atoms with Crippen LogP contribution in [-0.2, 0) is 4.29 Å². The Balaban J connectivity index is 3.09. The van der Waals surface area contributed by atoms with E-state index in [1.54, 1.807) is 0 Å². The second-order valence-electron chi connectivity index (χ2n) is 1.73. The van der Waals surface area contributed by atoms with E-state index in [0.717, 1.165) is 0 Å². The van der Waals surface area contributed by atoms with E-state index in [9.17, 15) is 4.79 Å². The van der Waals surface area contributed by atoms with Gasteiger partial charge in [0.2, 0.25) is 0 Å². The van der Waals surface area contributed by atoms with Gasteiger partial charge in [-0.2, -0.15) is 0 Å². The molecule has 0 aromatic carbocycles. The van der Waals surface area contributed by atoms with Crippen molar-refractivity contribution in [2.24, 2.45) is 0 Å². The summed E-state index contributed by atoms with van der Waals surface area (Å²) in [5.74, 6) is -0.870. The van der Waals surface area contributed by atoms with E-state index in [0.29, 0.717) is 0 Å². The van der Waals surface area contributed by atoms with Gasteiger partial charge in [-0.15, -0.1) is 10.2 Å². The minimum absolute atomic E-state index is 0.0423. The fourth-order valence-electron chi connectivity index (χ4n) is 0.522. The van der Waals surface area contributed by atoms with Gasteiger partial charge in [0.1, 0.15) is 11.9 Å². The molecule has 0 aliphatic heterocycles. The minimum atomic E-state index is -0.870. The second-order valence-corrected chi connectivity index (χ2v) is 2.68. The highest BCUT2D eigenvalue weighted by Crippen LogP contribution is 2.17. The van der Waals surface area contributed by atoms with Crippen molar-refractivity contribution in [2.75, 3.05) is 0 Å². The predicted octanol–water partition coefficient (Wildman–Crippen LogP) is 2.09. The summed E-state index contributed by atoms with van der Waals surface area (Å²) in [7, 11) is 0. The Bertz CT molecular complexity index is 318. The third kappa shape index (κ3) is 1.97. The molecule has 7 heteroatoms. The van der Waals surface area contributed by atoms with Crippen molar-refractivity contribution in [1.29, 1.82) is 0 Å². The highest BCUT2D eigenvalue weighted by Gasteiger charge is 2.14. The average Bonchev–Trinajstić information content (AvgIpc) is 2.03. The van der Waals surface area contributed by atoms with Gasteiger partial charge < -0.3 is 4.29 Å². The standard InChI is InChI=1S/C5HCl3N2O2/c6-2-1-3(7)9-10-4(2)5(11)12-8/h1H. The number of hydrogen-bond acceptors (Lipinski definition) is 4. The SMILES string of the molecule is O=C(OCl)c1nnc(Cl)cc1Cl. The summed E-state index contributed by atoms with van der Waals surface area (Å²) in [6.45, 7) is 0. The van der Waals surface area contributed by atoms with Gasteiger partial charge in [-0.25, -0.2) is 4.79 Å². The van der Waals surface area contributed by atoms with Crippen molar-refractivity contribution < 1.29 is 9.08 Å². The third-order valence-electron chi connectivity index (χ3n) is 0.981. The Kier molecular flexibility index (Phi) is 3.08. The van der Waals surface area contributed by atoms with E-state index < -0.39 is 5.97 Å². The first kappa shape index (κ1) is 9.51. The molecule has 0 fully saturated rings. The molecule has 0 N–H and O–H groups in total. The largest absolute Gasteiger partial charge is 0.378 e. The fraction of sp³-hybridized carbons (Fsp3) is 0. The van der Waals surface area contributed by atoms with E-state index in [-0.39, 0.29) is 15.9 Å². The summed E-state index contributed by atoms with van der Waals surface area (Å²) in [5, 5.41) is 6.89. The van der Waals surface area contributed by atoms with Crippen molar-refractivity contribution in [3.05, 3.63) is 21.9 Å². The van der Waals surface area contributed by atoms with Crippen LogP contribution in [-0.4, -0.2) is 16.2 Å². The van der Waals surface area contributed by atoms with Gasteiger partial charge in [-0.1, -0.05) is 23.2 Å². The number of rotatable bonds is 1. The molecule has 0 unspecified atom stereocenters. The van der Waals surface area contributed by atoms with Crippen LogP contribution in [0.25, 0.3) is 0 Å². The van der Waals surface area contributed by atoms with E-state index in [4.69, 9.17) is 35.1 Å². The summed E-state index contributed by atoms with van der Waals surface area (Å²) in [5.41, 5.74) is -0.170. The number of nitrogens with zero attached hydrogens (tertiary/aromatic N) is 2. The lowest BCUT2D eigenvalue weighted by atomic mass is 10.4. The van der Waals surface area contributed by atoms with E-state index in [2.05, 4.69) is 14.5 Å². The first-order valence-corrected chi connectivity index (χ1v) is 3.73. The van der Waals surface area contributed by atoms with Gasteiger partial charge in [-0.05, 0) is 6.07 Å². The van der Waals surface area contributed by atoms with Crippen LogP contribution in [0.1, 0.15) is 10.5 Å². The van der Waals surface area contributed by atoms with E-state index in [1.165, 1.54) is 6.07 Å². The maximum Gasteiger partial charge on any atom is 0.378 e. The van der Waals surface area contributed by atoms with Crippen LogP contribution in [0.5, 0.6) is 0 Å². The lowest BCUT2D eigenvalue weighted by molar-refractivity contribution is 0.0744. The molecule has 0 spiro atoms. The topological polar surface area (TPSA) is 52.1 Å². The first-order valence-electron chi connectivity index (χ1n) is 2.67. The van der Waals surface area contributed by atoms with Crippen LogP contribution >= 0.6 is 35.1 Å². The Hall–Kier alpha value is -0.580. The minimum Gasteiger partial charge on any atom is -0.342 e. The second kappa shape index (κ2) is 3.89. The summed E-state index contributed by atoms with van der Waals surface area (Å²) >= 11 is 15.8. The van der Waals surface area contributed by atoms with E-state index in [1.807, 2.05) is 0 Å². The van der Waals surface area contributed by atoms with Crippen molar-refractivity contribution in [2.45, 2.75) is 0 Å². The monoisotopic (exact) mass is 226 g/mol. The normalized spacial score (nSPS) is 9.58. The van der Waals surface area contributed by atoms with Gasteiger partial charge in [-0.3, -0.25) is 0 Å². The van der Waals surface area contributed by atoms with Crippen molar-refractivity contribution in [3.63, 3.8) is 0 Å². The molecule has 1 rings (SSSR count). The van der Waals surface area contributed by atoms with Gasteiger partial charge >= 0.3 is 5.97 Å². The van der Waals surface area contributed by atoms with Crippen molar-refractivity contribution in [1.82, 2.24) is 10.2 Å². The molecule has 0 amide bonds. The Labute approximate surface area is 82.6 Å². The number of carbonyl (C=O) groups is 1. The lowest BCUT2D eigenvalue weighted by Gasteiger charge is -1.96. The molecule has 0 saturated carbocycles. The zero-order valence-electron chi connectivity index (χ0n) is 5.42. The molecule has 0 bridgehead atoms. The van der Waals surface area contributed by atoms with Crippen LogP contribution in [0.3, 0.4) is 0 Å². The lowest BCUT2D eigenvalue weighted by Crippen LogP contribution is -2.04. The molecule has 64 valence electrons. The maximum atomic E-state index is 10.8. The first-order chi connectivity index (χ1) is 5.65.